The molecule has 114 valence electrons. The zero-order valence-electron chi connectivity index (χ0n) is 11.3. The van der Waals surface area contributed by atoms with E-state index in [1.54, 1.807) is 0 Å². The first-order valence-electron chi connectivity index (χ1n) is 6.58. The quantitative estimate of drug-likeness (QED) is 0.741. The number of carbonyl (C=O) groups is 1. The maximum absolute atomic E-state index is 12.1. The number of carbonyl (C=O) groups excluding carboxylic acids is 1. The molecule has 0 saturated carbocycles. The van der Waals surface area contributed by atoms with Gasteiger partial charge in [0.1, 0.15) is 0 Å². The highest BCUT2D eigenvalue weighted by Crippen LogP contribution is 2.14. The van der Waals surface area contributed by atoms with Gasteiger partial charge in [-0.2, -0.15) is 0 Å². The predicted octanol–water partition coefficient (Wildman–Crippen LogP) is -0.0930. The number of nitrogens with one attached hydrogen (secondary N) is 1. The van der Waals surface area contributed by atoms with Crippen molar-refractivity contribution in [3.63, 3.8) is 0 Å². The number of sulfonamides is 1. The predicted molar refractivity (Wildman–Crippen MR) is 74.6 cm³/mol. The Morgan fingerprint density at radius 1 is 1.38 bits per heavy atom. The van der Waals surface area contributed by atoms with E-state index in [1.807, 2.05) is 0 Å². The number of benzene rings is 1. The molecule has 0 bridgehead atoms. The fourth-order valence-corrected chi connectivity index (χ4v) is 3.08. The summed E-state index contributed by atoms with van der Waals surface area (Å²) in [4.78, 5) is 10.4. The molecule has 1 atom stereocenters. The molecule has 1 saturated heterocycles. The summed E-state index contributed by atoms with van der Waals surface area (Å²) in [5, 5.41) is 10.3. The lowest BCUT2D eigenvalue weighted by Crippen LogP contribution is -2.31. The van der Waals surface area contributed by atoms with E-state index in [0.717, 1.165) is 18.9 Å². The first kappa shape index (κ1) is 15.7. The minimum atomic E-state index is -3.58. The highest BCUT2D eigenvalue weighted by Gasteiger charge is 2.19. The van der Waals surface area contributed by atoms with Gasteiger partial charge in [0.2, 0.25) is 10.0 Å². The van der Waals surface area contributed by atoms with Gasteiger partial charge in [0.15, 0.2) is 0 Å². The summed E-state index contributed by atoms with van der Waals surface area (Å²) in [6.45, 7) is 0.931. The minimum Gasteiger partial charge on any atom is -0.545 e. The Labute approximate surface area is 123 Å². The molecule has 1 aromatic carbocycles. The van der Waals surface area contributed by atoms with Gasteiger partial charge in [-0.05, 0) is 36.6 Å². The number of carboxylic acids is 1. The lowest BCUT2D eigenvalue weighted by molar-refractivity contribution is -0.297. The van der Waals surface area contributed by atoms with Crippen LogP contribution in [0, 0.1) is 0 Å². The molecule has 1 aromatic rings. The standard InChI is InChI=1S/C14H17NO5S/c16-14(17)8-5-11-3-6-13(7-4-11)21(18,19)15-10-12-2-1-9-20-12/h3-8,12,15H,1-2,9-10H2,(H,16,17)/p-1/b8-5+/t12-/m1/s1. The third-order valence-electron chi connectivity index (χ3n) is 3.13. The molecule has 1 N–H and O–H groups in total. The van der Waals surface area contributed by atoms with Crippen molar-refractivity contribution in [2.24, 2.45) is 0 Å². The second-order valence-electron chi connectivity index (χ2n) is 4.71. The van der Waals surface area contributed by atoms with Gasteiger partial charge in [0.25, 0.3) is 0 Å². The van der Waals surface area contributed by atoms with E-state index >= 15 is 0 Å². The summed E-state index contributed by atoms with van der Waals surface area (Å²) >= 11 is 0. The molecule has 0 unspecified atom stereocenters. The molecule has 7 heteroatoms. The monoisotopic (exact) mass is 310 g/mol. The Kier molecular flexibility index (Phi) is 5.11. The van der Waals surface area contributed by atoms with Gasteiger partial charge in [0, 0.05) is 13.2 Å². The van der Waals surface area contributed by atoms with Crippen molar-refractivity contribution in [3.8, 4) is 0 Å². The third-order valence-corrected chi connectivity index (χ3v) is 4.57. The number of carboxylic acid groups (broad SMARTS) is 1. The van der Waals surface area contributed by atoms with Crippen LogP contribution in [0.1, 0.15) is 18.4 Å². The Morgan fingerprint density at radius 3 is 2.67 bits per heavy atom. The smallest absolute Gasteiger partial charge is 0.240 e. The van der Waals surface area contributed by atoms with Crippen molar-refractivity contribution < 1.29 is 23.1 Å². The molecule has 2 rings (SSSR count). The summed E-state index contributed by atoms with van der Waals surface area (Å²) in [5.41, 5.74) is 0.581. The van der Waals surface area contributed by atoms with Crippen LogP contribution in [-0.4, -0.2) is 33.6 Å². The SMILES string of the molecule is O=C([O-])/C=C/c1ccc(S(=O)(=O)NC[C@H]2CCCO2)cc1. The van der Waals surface area contributed by atoms with Crippen LogP contribution in [0.5, 0.6) is 0 Å². The van der Waals surface area contributed by atoms with E-state index in [2.05, 4.69) is 4.72 Å². The molecule has 0 spiro atoms. The topological polar surface area (TPSA) is 95.5 Å². The average molecular weight is 310 g/mol. The van der Waals surface area contributed by atoms with Crippen molar-refractivity contribution in [1.82, 2.24) is 4.72 Å². The van der Waals surface area contributed by atoms with Crippen LogP contribution in [0.15, 0.2) is 35.2 Å². The third kappa shape index (κ3) is 4.66. The molecule has 0 radical (unpaired) electrons. The van der Waals surface area contributed by atoms with Crippen LogP contribution < -0.4 is 9.83 Å². The van der Waals surface area contributed by atoms with Crippen LogP contribution in [-0.2, 0) is 19.6 Å². The van der Waals surface area contributed by atoms with Crippen LogP contribution in [0.2, 0.25) is 0 Å². The number of ether oxygens (including phenoxy) is 1. The molecule has 1 aliphatic rings. The first-order valence-corrected chi connectivity index (χ1v) is 8.06. The largest absolute Gasteiger partial charge is 0.545 e. The highest BCUT2D eigenvalue weighted by molar-refractivity contribution is 7.89. The fraction of sp³-hybridized carbons (Fsp3) is 0.357. The van der Waals surface area contributed by atoms with Crippen LogP contribution in [0.3, 0.4) is 0 Å². The number of hydrogen-bond acceptors (Lipinski definition) is 5. The second kappa shape index (κ2) is 6.84. The number of hydrogen-bond donors (Lipinski definition) is 1. The summed E-state index contributed by atoms with van der Waals surface area (Å²) in [7, 11) is -3.58. The van der Waals surface area contributed by atoms with Crippen LogP contribution >= 0.6 is 0 Å². The summed E-state index contributed by atoms with van der Waals surface area (Å²) < 4.78 is 32.0. The normalized spacial score (nSPS) is 19.1. The number of rotatable bonds is 6. The fourth-order valence-electron chi connectivity index (χ4n) is 2.01. The summed E-state index contributed by atoms with van der Waals surface area (Å²) in [6.07, 6.45) is 3.97. The minimum absolute atomic E-state index is 0.0648. The van der Waals surface area contributed by atoms with Gasteiger partial charge in [-0.3, -0.25) is 0 Å². The van der Waals surface area contributed by atoms with Crippen molar-refractivity contribution in [1.29, 1.82) is 0 Å². The van der Waals surface area contributed by atoms with Crippen molar-refractivity contribution in [2.45, 2.75) is 23.8 Å². The van der Waals surface area contributed by atoms with Crippen LogP contribution in [0.25, 0.3) is 6.08 Å². The van der Waals surface area contributed by atoms with Gasteiger partial charge < -0.3 is 14.6 Å². The molecule has 1 fully saturated rings. The molecule has 0 amide bonds. The molecule has 21 heavy (non-hydrogen) atoms. The number of aliphatic carboxylic acids is 1. The van der Waals surface area contributed by atoms with Gasteiger partial charge in [-0.15, -0.1) is 0 Å². The van der Waals surface area contributed by atoms with Crippen LogP contribution in [0.4, 0.5) is 0 Å². The van der Waals surface area contributed by atoms with E-state index in [0.29, 0.717) is 12.2 Å². The van der Waals surface area contributed by atoms with E-state index in [1.165, 1.54) is 30.3 Å². The zero-order valence-corrected chi connectivity index (χ0v) is 12.1. The summed E-state index contributed by atoms with van der Waals surface area (Å²) in [6, 6.07) is 5.90. The highest BCUT2D eigenvalue weighted by atomic mass is 32.2. The van der Waals surface area contributed by atoms with Gasteiger partial charge in [-0.25, -0.2) is 13.1 Å². The lowest BCUT2D eigenvalue weighted by Gasteiger charge is -2.11. The van der Waals surface area contributed by atoms with E-state index in [4.69, 9.17) is 4.74 Å². The maximum Gasteiger partial charge on any atom is 0.240 e. The van der Waals surface area contributed by atoms with Gasteiger partial charge in [0.05, 0.1) is 17.0 Å². The molecule has 0 aromatic heterocycles. The Hall–Kier alpha value is -1.70. The van der Waals surface area contributed by atoms with Gasteiger partial charge >= 0.3 is 0 Å². The first-order chi connectivity index (χ1) is 9.97. The molecule has 6 nitrogen and oxygen atoms in total. The van der Waals surface area contributed by atoms with Gasteiger partial charge in [-0.1, -0.05) is 18.2 Å². The van der Waals surface area contributed by atoms with Crippen molar-refractivity contribution >= 4 is 22.1 Å². The maximum atomic E-state index is 12.1. The molecular weight excluding hydrogens is 294 g/mol. The summed E-state index contributed by atoms with van der Waals surface area (Å²) in [5.74, 6) is -1.30. The molecule has 1 aliphatic heterocycles. The molecule has 0 aliphatic carbocycles. The Morgan fingerprint density at radius 2 is 2.10 bits per heavy atom. The molecular formula is C14H16NO5S-. The van der Waals surface area contributed by atoms with E-state index in [9.17, 15) is 18.3 Å². The lowest BCUT2D eigenvalue weighted by atomic mass is 10.2. The Bertz CT molecular complexity index is 615. The van der Waals surface area contributed by atoms with Crippen molar-refractivity contribution in [3.05, 3.63) is 35.9 Å². The van der Waals surface area contributed by atoms with E-state index < -0.39 is 16.0 Å². The van der Waals surface area contributed by atoms with E-state index in [-0.39, 0.29) is 17.5 Å². The Balaban J connectivity index is 2.00. The molecule has 1 heterocycles. The second-order valence-corrected chi connectivity index (χ2v) is 6.48. The average Bonchev–Trinajstić information content (AvgIpc) is 2.97. The van der Waals surface area contributed by atoms with Crippen molar-refractivity contribution in [2.75, 3.05) is 13.2 Å². The zero-order chi connectivity index (χ0) is 15.3.